The molecule has 2 aromatic heterocycles. The second kappa shape index (κ2) is 7.87. The molecule has 0 N–H and O–H groups in total. The van der Waals surface area contributed by atoms with Crippen LogP contribution in [0.4, 0.5) is 0 Å². The molecule has 0 aliphatic heterocycles. The molecule has 4 aromatic rings. The van der Waals surface area contributed by atoms with E-state index in [4.69, 9.17) is 9.47 Å². The highest BCUT2D eigenvalue weighted by Crippen LogP contribution is 2.32. The number of aromatic nitrogens is 3. The Bertz CT molecular complexity index is 1230. The van der Waals surface area contributed by atoms with E-state index in [-0.39, 0.29) is 5.91 Å². The number of pyridine rings is 1. The third kappa shape index (κ3) is 3.45. The number of methoxy groups -OCH3 is 2. The van der Waals surface area contributed by atoms with Crippen molar-refractivity contribution in [3.63, 3.8) is 0 Å². The van der Waals surface area contributed by atoms with E-state index in [9.17, 15) is 4.79 Å². The number of rotatable bonds is 5. The highest BCUT2D eigenvalue weighted by molar-refractivity contribution is 5.95. The van der Waals surface area contributed by atoms with Crippen molar-refractivity contribution in [2.75, 3.05) is 28.3 Å². The molecule has 0 bridgehead atoms. The summed E-state index contributed by atoms with van der Waals surface area (Å²) in [6.07, 6.45) is 1.97. The zero-order chi connectivity index (χ0) is 21.3. The molecule has 152 valence electrons. The zero-order valence-corrected chi connectivity index (χ0v) is 17.3. The number of ether oxygens (including phenoxy) is 2. The van der Waals surface area contributed by atoms with Crippen LogP contribution in [0.3, 0.4) is 0 Å². The first kappa shape index (κ1) is 19.4. The van der Waals surface area contributed by atoms with Gasteiger partial charge in [0.05, 0.1) is 14.2 Å². The van der Waals surface area contributed by atoms with E-state index in [0.717, 1.165) is 22.3 Å². The predicted octanol–water partition coefficient (Wildman–Crippen LogP) is 3.78. The fraction of sp³-hybridized carbons (Fsp3) is 0.174. The molecule has 0 atom stereocenters. The van der Waals surface area contributed by atoms with Crippen LogP contribution in [0.25, 0.3) is 28.2 Å². The summed E-state index contributed by atoms with van der Waals surface area (Å²) in [5.74, 6) is 1.93. The van der Waals surface area contributed by atoms with Crippen molar-refractivity contribution in [1.29, 1.82) is 0 Å². The van der Waals surface area contributed by atoms with Gasteiger partial charge in [0.2, 0.25) is 0 Å². The maximum absolute atomic E-state index is 12.3. The summed E-state index contributed by atoms with van der Waals surface area (Å²) in [6, 6.07) is 17.1. The number of carbonyl (C=O) groups excluding carboxylic acids is 1. The summed E-state index contributed by atoms with van der Waals surface area (Å²) in [5, 5.41) is 8.63. The van der Waals surface area contributed by atoms with Gasteiger partial charge in [0.15, 0.2) is 23.0 Å². The van der Waals surface area contributed by atoms with Gasteiger partial charge in [-0.15, -0.1) is 10.2 Å². The number of hydrogen-bond acceptors (Lipinski definition) is 5. The molecule has 0 saturated heterocycles. The minimum absolute atomic E-state index is 0.0340. The number of hydrogen-bond donors (Lipinski definition) is 0. The van der Waals surface area contributed by atoms with Gasteiger partial charge in [-0.1, -0.05) is 12.1 Å². The summed E-state index contributed by atoms with van der Waals surface area (Å²) in [4.78, 5) is 13.9. The second-order valence-electron chi connectivity index (χ2n) is 7.02. The molecule has 2 aromatic carbocycles. The van der Waals surface area contributed by atoms with Crippen LogP contribution in [0.1, 0.15) is 10.4 Å². The van der Waals surface area contributed by atoms with Gasteiger partial charge in [-0.2, -0.15) is 0 Å². The van der Waals surface area contributed by atoms with Crippen LogP contribution in [0, 0.1) is 0 Å². The van der Waals surface area contributed by atoms with E-state index < -0.39 is 0 Å². The van der Waals surface area contributed by atoms with Gasteiger partial charge in [-0.05, 0) is 53.6 Å². The molecule has 2 heterocycles. The predicted molar refractivity (Wildman–Crippen MR) is 115 cm³/mol. The molecule has 0 unspecified atom stereocenters. The van der Waals surface area contributed by atoms with Crippen LogP contribution in [-0.4, -0.2) is 53.7 Å². The highest BCUT2D eigenvalue weighted by atomic mass is 16.5. The number of benzene rings is 2. The molecule has 0 aliphatic carbocycles. The molecule has 0 radical (unpaired) electrons. The Morgan fingerprint density at radius 3 is 2.37 bits per heavy atom. The van der Waals surface area contributed by atoms with Crippen molar-refractivity contribution in [2.24, 2.45) is 0 Å². The first-order chi connectivity index (χ1) is 14.5. The standard InChI is InChI=1S/C23H22N4O3/c1-26(2)23(28)17-7-5-6-15(12-17)18-9-11-21-24-25-22(27(21)14-18)16-8-10-19(29-3)20(13-16)30-4/h5-14H,1-4H3. The Hall–Kier alpha value is -3.87. The lowest BCUT2D eigenvalue weighted by atomic mass is 10.0. The molecule has 0 saturated carbocycles. The minimum atomic E-state index is -0.0340. The smallest absolute Gasteiger partial charge is 0.253 e. The maximum atomic E-state index is 12.3. The SMILES string of the molecule is COc1ccc(-c2nnc3ccc(-c4cccc(C(=O)N(C)C)c4)cn23)cc1OC. The number of amides is 1. The van der Waals surface area contributed by atoms with Crippen molar-refractivity contribution in [3.8, 4) is 34.0 Å². The third-order valence-electron chi connectivity index (χ3n) is 4.89. The lowest BCUT2D eigenvalue weighted by Gasteiger charge is -2.12. The Kier molecular flexibility index (Phi) is 5.10. The van der Waals surface area contributed by atoms with Crippen molar-refractivity contribution in [1.82, 2.24) is 19.5 Å². The van der Waals surface area contributed by atoms with Gasteiger partial charge < -0.3 is 14.4 Å². The largest absolute Gasteiger partial charge is 0.493 e. The van der Waals surface area contributed by atoms with E-state index in [2.05, 4.69) is 10.2 Å². The van der Waals surface area contributed by atoms with Crippen LogP contribution < -0.4 is 9.47 Å². The summed E-state index contributed by atoms with van der Waals surface area (Å²) >= 11 is 0. The monoisotopic (exact) mass is 402 g/mol. The lowest BCUT2D eigenvalue weighted by molar-refractivity contribution is 0.0827. The van der Waals surface area contributed by atoms with Gasteiger partial charge in [-0.25, -0.2) is 0 Å². The van der Waals surface area contributed by atoms with E-state index >= 15 is 0 Å². The molecule has 1 amide bonds. The topological polar surface area (TPSA) is 69.0 Å². The van der Waals surface area contributed by atoms with Crippen molar-refractivity contribution < 1.29 is 14.3 Å². The zero-order valence-electron chi connectivity index (χ0n) is 17.3. The molecule has 7 heteroatoms. The molecular weight excluding hydrogens is 380 g/mol. The van der Waals surface area contributed by atoms with Gasteiger partial charge in [-0.3, -0.25) is 9.20 Å². The minimum Gasteiger partial charge on any atom is -0.493 e. The average molecular weight is 402 g/mol. The van der Waals surface area contributed by atoms with Crippen LogP contribution >= 0.6 is 0 Å². The Morgan fingerprint density at radius 2 is 1.63 bits per heavy atom. The molecule has 0 aliphatic rings. The molecule has 30 heavy (non-hydrogen) atoms. The number of carbonyl (C=O) groups is 1. The van der Waals surface area contributed by atoms with Crippen LogP contribution in [0.15, 0.2) is 60.8 Å². The fourth-order valence-corrected chi connectivity index (χ4v) is 3.32. The lowest BCUT2D eigenvalue weighted by Crippen LogP contribution is -2.21. The van der Waals surface area contributed by atoms with Gasteiger partial charge in [0.25, 0.3) is 5.91 Å². The first-order valence-corrected chi connectivity index (χ1v) is 9.41. The van der Waals surface area contributed by atoms with Crippen molar-refractivity contribution in [2.45, 2.75) is 0 Å². The highest BCUT2D eigenvalue weighted by Gasteiger charge is 2.14. The van der Waals surface area contributed by atoms with Crippen molar-refractivity contribution in [3.05, 3.63) is 66.4 Å². The maximum Gasteiger partial charge on any atom is 0.253 e. The van der Waals surface area contributed by atoms with E-state index in [0.29, 0.717) is 22.9 Å². The third-order valence-corrected chi connectivity index (χ3v) is 4.89. The van der Waals surface area contributed by atoms with Crippen LogP contribution in [0.5, 0.6) is 11.5 Å². The average Bonchev–Trinajstić information content (AvgIpc) is 3.21. The van der Waals surface area contributed by atoms with E-state index in [1.54, 1.807) is 33.2 Å². The van der Waals surface area contributed by atoms with E-state index in [1.807, 2.05) is 65.2 Å². The summed E-state index contributed by atoms with van der Waals surface area (Å²) in [7, 11) is 6.69. The summed E-state index contributed by atoms with van der Waals surface area (Å²) < 4.78 is 12.7. The van der Waals surface area contributed by atoms with E-state index in [1.165, 1.54) is 0 Å². The Balaban J connectivity index is 1.80. The van der Waals surface area contributed by atoms with Crippen molar-refractivity contribution >= 4 is 11.6 Å². The quantitative estimate of drug-likeness (QED) is 0.508. The molecular formula is C23H22N4O3. The normalized spacial score (nSPS) is 10.8. The fourth-order valence-electron chi connectivity index (χ4n) is 3.32. The number of fused-ring (bicyclic) bond motifs is 1. The van der Waals surface area contributed by atoms with Gasteiger partial charge in [0, 0.05) is 31.4 Å². The molecule has 0 fully saturated rings. The molecule has 7 nitrogen and oxygen atoms in total. The summed E-state index contributed by atoms with van der Waals surface area (Å²) in [6.45, 7) is 0. The Labute approximate surface area is 174 Å². The Morgan fingerprint density at radius 1 is 0.867 bits per heavy atom. The van der Waals surface area contributed by atoms with Gasteiger partial charge in [0.1, 0.15) is 0 Å². The second-order valence-corrected chi connectivity index (χ2v) is 7.02. The van der Waals surface area contributed by atoms with Crippen LogP contribution in [0.2, 0.25) is 0 Å². The molecule has 0 spiro atoms. The van der Waals surface area contributed by atoms with Gasteiger partial charge >= 0.3 is 0 Å². The molecule has 4 rings (SSSR count). The number of nitrogens with zero attached hydrogens (tertiary/aromatic N) is 4. The first-order valence-electron chi connectivity index (χ1n) is 9.41. The summed E-state index contributed by atoms with van der Waals surface area (Å²) in [5.41, 5.74) is 4.12. The van der Waals surface area contributed by atoms with Crippen LogP contribution in [-0.2, 0) is 0 Å².